The predicted octanol–water partition coefficient (Wildman–Crippen LogP) is 6.25. The fraction of sp³-hybridized carbons (Fsp3) is 0.136. The van der Waals surface area contributed by atoms with Crippen LogP contribution in [0.25, 0.3) is 0 Å². The number of amides is 2. The molecule has 0 fully saturated rings. The average Bonchev–Trinajstić information content (AvgIpc) is 2.69. The number of para-hydroxylation sites is 1. The van der Waals surface area contributed by atoms with Crippen LogP contribution in [0.1, 0.15) is 20.3 Å². The van der Waals surface area contributed by atoms with E-state index in [-0.39, 0.29) is 6.03 Å². The van der Waals surface area contributed by atoms with E-state index in [1.54, 1.807) is 30.3 Å². The molecule has 154 valence electrons. The van der Waals surface area contributed by atoms with Crippen molar-refractivity contribution < 1.29 is 4.79 Å². The molecule has 0 aliphatic carbocycles. The zero-order chi connectivity index (χ0) is 21.5. The van der Waals surface area contributed by atoms with Gasteiger partial charge in [0.2, 0.25) is 0 Å². The molecule has 2 amide bonds. The van der Waals surface area contributed by atoms with E-state index in [1.165, 1.54) is 18.0 Å². The largest absolute Gasteiger partial charge is 0.334 e. The molecule has 4 N–H and O–H groups in total. The summed E-state index contributed by atoms with van der Waals surface area (Å²) in [6.07, 6.45) is 3.63. The first-order valence-corrected chi connectivity index (χ1v) is 10.6. The lowest BCUT2D eigenvalue weighted by molar-refractivity contribution is 0.262. The normalized spacial score (nSPS) is 14.8. The lowest BCUT2D eigenvalue weighted by atomic mass is 10.1. The van der Waals surface area contributed by atoms with Gasteiger partial charge in [0.15, 0.2) is 0 Å². The Morgan fingerprint density at radius 2 is 2.03 bits per heavy atom. The highest BCUT2D eigenvalue weighted by Crippen LogP contribution is 2.36. The van der Waals surface area contributed by atoms with Crippen LogP contribution in [0.2, 0.25) is 5.02 Å². The lowest BCUT2D eigenvalue weighted by Crippen LogP contribution is -2.21. The third-order valence-corrected chi connectivity index (χ3v) is 5.63. The van der Waals surface area contributed by atoms with Crippen molar-refractivity contribution in [1.82, 2.24) is 5.32 Å². The van der Waals surface area contributed by atoms with Gasteiger partial charge in [0.05, 0.1) is 10.7 Å². The molecule has 2 aromatic carbocycles. The highest BCUT2D eigenvalue weighted by Gasteiger charge is 2.18. The Hall–Kier alpha value is -3.03. The van der Waals surface area contributed by atoms with Crippen molar-refractivity contribution in [1.29, 1.82) is 5.41 Å². The first kappa shape index (κ1) is 21.7. The summed E-state index contributed by atoms with van der Waals surface area (Å²) < 4.78 is 0. The van der Waals surface area contributed by atoms with E-state index in [9.17, 15) is 4.79 Å². The highest BCUT2D eigenvalue weighted by atomic mass is 35.5. The van der Waals surface area contributed by atoms with Crippen LogP contribution >= 0.6 is 23.4 Å². The molecule has 0 bridgehead atoms. The van der Waals surface area contributed by atoms with Gasteiger partial charge in [-0.05, 0) is 49.8 Å². The second kappa shape index (κ2) is 10.1. The minimum absolute atomic E-state index is 0.353. The number of allylic oxidation sites excluding steroid dienone is 2. The van der Waals surface area contributed by atoms with Gasteiger partial charge in [-0.2, -0.15) is 0 Å². The SMILES string of the molecule is CCC1=C(Sc2ccccc2NC(=O)Nc2cccc(Cl)c2)N/C(=C\C=N)N=C1C. The number of hydrogen-bond acceptors (Lipinski definition) is 5. The van der Waals surface area contributed by atoms with E-state index >= 15 is 0 Å². The first-order valence-electron chi connectivity index (χ1n) is 9.37. The second-order valence-corrected chi connectivity index (χ2v) is 7.88. The van der Waals surface area contributed by atoms with Gasteiger partial charge in [0.25, 0.3) is 0 Å². The van der Waals surface area contributed by atoms with E-state index in [1.807, 2.05) is 31.2 Å². The number of urea groups is 1. The molecule has 0 saturated carbocycles. The van der Waals surface area contributed by atoms with Crippen LogP contribution in [0.15, 0.2) is 80.9 Å². The predicted molar refractivity (Wildman–Crippen MR) is 127 cm³/mol. The van der Waals surface area contributed by atoms with Gasteiger partial charge in [0, 0.05) is 33.1 Å². The Bertz CT molecular complexity index is 1060. The Kier molecular flexibility index (Phi) is 7.32. The average molecular weight is 440 g/mol. The molecular formula is C22H22ClN5OS. The van der Waals surface area contributed by atoms with Gasteiger partial charge in [0.1, 0.15) is 5.82 Å². The number of nitrogens with zero attached hydrogens (tertiary/aromatic N) is 1. The summed E-state index contributed by atoms with van der Waals surface area (Å²) in [4.78, 5) is 17.9. The van der Waals surface area contributed by atoms with Gasteiger partial charge in [-0.25, -0.2) is 9.79 Å². The van der Waals surface area contributed by atoms with Crippen LogP contribution in [-0.2, 0) is 0 Å². The van der Waals surface area contributed by atoms with E-state index in [0.717, 1.165) is 27.6 Å². The molecule has 1 aliphatic heterocycles. The molecule has 0 radical (unpaired) electrons. The molecule has 0 atom stereocenters. The van der Waals surface area contributed by atoms with Crippen molar-refractivity contribution in [2.45, 2.75) is 25.2 Å². The monoisotopic (exact) mass is 439 g/mol. The van der Waals surface area contributed by atoms with Crippen LogP contribution in [-0.4, -0.2) is 18.0 Å². The zero-order valence-electron chi connectivity index (χ0n) is 16.6. The summed E-state index contributed by atoms with van der Waals surface area (Å²) in [5.41, 5.74) is 3.31. The van der Waals surface area contributed by atoms with Crippen molar-refractivity contribution in [2.24, 2.45) is 4.99 Å². The number of carbonyl (C=O) groups is 1. The summed E-state index contributed by atoms with van der Waals surface area (Å²) >= 11 is 7.50. The number of hydrogen-bond donors (Lipinski definition) is 4. The maximum absolute atomic E-state index is 12.5. The molecule has 1 heterocycles. The summed E-state index contributed by atoms with van der Waals surface area (Å²) in [6.45, 7) is 4.03. The highest BCUT2D eigenvalue weighted by molar-refractivity contribution is 8.03. The van der Waals surface area contributed by atoms with E-state index < -0.39 is 0 Å². The number of nitrogens with one attached hydrogen (secondary N) is 4. The standard InChI is InChI=1S/C22H22ClN5OS/c1-3-17-14(2)25-20(11-12-24)28-21(17)30-19-10-5-4-9-18(19)27-22(29)26-16-8-6-7-15(23)13-16/h4-13,24,28H,3H2,1-2H3,(H2,26,27,29)/b20-11-,24-12?. The number of carbonyl (C=O) groups excluding carboxylic acids is 1. The molecular weight excluding hydrogens is 418 g/mol. The molecule has 0 spiro atoms. The van der Waals surface area contributed by atoms with Crippen molar-refractivity contribution in [3.05, 3.63) is 76.1 Å². The summed E-state index contributed by atoms with van der Waals surface area (Å²) in [7, 11) is 0. The van der Waals surface area contributed by atoms with Crippen molar-refractivity contribution in [3.8, 4) is 0 Å². The smallest absolute Gasteiger partial charge is 0.323 e. The van der Waals surface area contributed by atoms with E-state index in [2.05, 4.69) is 27.9 Å². The number of benzene rings is 2. The van der Waals surface area contributed by atoms with Crippen LogP contribution < -0.4 is 16.0 Å². The number of rotatable bonds is 6. The number of aliphatic imine (C=N–C) groups is 1. The first-order chi connectivity index (χ1) is 14.5. The third-order valence-electron chi connectivity index (χ3n) is 4.27. The lowest BCUT2D eigenvalue weighted by Gasteiger charge is -2.22. The van der Waals surface area contributed by atoms with Gasteiger partial charge < -0.3 is 21.4 Å². The zero-order valence-corrected chi connectivity index (χ0v) is 18.2. The minimum Gasteiger partial charge on any atom is -0.334 e. The fourth-order valence-corrected chi connectivity index (χ4v) is 4.27. The fourth-order valence-electron chi connectivity index (χ4n) is 2.91. The van der Waals surface area contributed by atoms with Gasteiger partial charge >= 0.3 is 6.03 Å². The van der Waals surface area contributed by atoms with Crippen molar-refractivity contribution in [2.75, 3.05) is 10.6 Å². The van der Waals surface area contributed by atoms with E-state index in [4.69, 9.17) is 17.0 Å². The molecule has 0 unspecified atom stereocenters. The van der Waals surface area contributed by atoms with Gasteiger partial charge in [-0.3, -0.25) is 0 Å². The Labute approximate surface area is 185 Å². The topological polar surface area (TPSA) is 89.4 Å². The summed E-state index contributed by atoms with van der Waals surface area (Å²) in [5, 5.41) is 17.8. The van der Waals surface area contributed by atoms with Crippen LogP contribution in [0.5, 0.6) is 0 Å². The van der Waals surface area contributed by atoms with Gasteiger partial charge in [-0.1, -0.05) is 48.5 Å². The van der Waals surface area contributed by atoms with E-state index in [0.29, 0.717) is 22.2 Å². The Morgan fingerprint density at radius 1 is 1.23 bits per heavy atom. The molecule has 0 aromatic heterocycles. The maximum atomic E-state index is 12.5. The third kappa shape index (κ3) is 5.52. The molecule has 30 heavy (non-hydrogen) atoms. The molecule has 0 saturated heterocycles. The second-order valence-electron chi connectivity index (χ2n) is 6.39. The number of anilines is 2. The maximum Gasteiger partial charge on any atom is 0.323 e. The molecule has 3 rings (SSSR count). The van der Waals surface area contributed by atoms with Gasteiger partial charge in [-0.15, -0.1) is 0 Å². The molecule has 2 aromatic rings. The minimum atomic E-state index is -0.353. The Morgan fingerprint density at radius 3 is 2.77 bits per heavy atom. The molecule has 1 aliphatic rings. The van der Waals surface area contributed by atoms with Crippen LogP contribution in [0.3, 0.4) is 0 Å². The summed E-state index contributed by atoms with van der Waals surface area (Å²) in [6, 6.07) is 14.2. The van der Waals surface area contributed by atoms with Crippen molar-refractivity contribution >= 4 is 52.7 Å². The van der Waals surface area contributed by atoms with Crippen molar-refractivity contribution in [3.63, 3.8) is 0 Å². The van der Waals surface area contributed by atoms with Crippen LogP contribution in [0.4, 0.5) is 16.2 Å². The van der Waals surface area contributed by atoms with Crippen LogP contribution in [0, 0.1) is 5.41 Å². The number of thioether (sulfide) groups is 1. The molecule has 6 nitrogen and oxygen atoms in total. The summed E-state index contributed by atoms with van der Waals surface area (Å²) in [5.74, 6) is 0.617. The molecule has 8 heteroatoms. The Balaban J connectivity index is 1.81. The quantitative estimate of drug-likeness (QED) is 0.401. The number of halogens is 1.